The first-order chi connectivity index (χ1) is 14.4. The van der Waals surface area contributed by atoms with Crippen molar-refractivity contribution < 1.29 is 9.21 Å². The lowest BCUT2D eigenvalue weighted by atomic mass is 9.85. The van der Waals surface area contributed by atoms with Crippen molar-refractivity contribution in [2.24, 2.45) is 10.4 Å². The largest absolute Gasteiger partial charge is 0.465 e. The molecule has 1 amide bonds. The molecule has 0 radical (unpaired) electrons. The molecule has 1 saturated heterocycles. The average Bonchev–Trinajstić information content (AvgIpc) is 3.48. The molecule has 1 unspecified atom stereocenters. The second-order valence-corrected chi connectivity index (χ2v) is 8.97. The fraction of sp³-hybridized carbons (Fsp3) is 0.739. The highest BCUT2D eigenvalue weighted by molar-refractivity contribution is 14.0. The van der Waals surface area contributed by atoms with E-state index in [-0.39, 0.29) is 41.3 Å². The Kier molecular flexibility index (Phi) is 10.1. The van der Waals surface area contributed by atoms with E-state index in [1.807, 2.05) is 27.1 Å². The Hall–Kier alpha value is -1.29. The minimum atomic E-state index is -0.349. The van der Waals surface area contributed by atoms with Crippen LogP contribution in [0.5, 0.6) is 0 Å². The van der Waals surface area contributed by atoms with Gasteiger partial charge in [0.25, 0.3) is 0 Å². The maximum atomic E-state index is 12.9. The van der Waals surface area contributed by atoms with Crippen molar-refractivity contribution in [3.8, 4) is 0 Å². The van der Waals surface area contributed by atoms with E-state index in [4.69, 9.17) is 9.41 Å². The maximum Gasteiger partial charge on any atom is 0.230 e. The Bertz CT molecular complexity index is 721. The lowest BCUT2D eigenvalue weighted by Gasteiger charge is -2.30. The number of nitrogens with one attached hydrogen (secondary N) is 2. The fourth-order valence-corrected chi connectivity index (χ4v) is 4.83. The van der Waals surface area contributed by atoms with E-state index in [1.165, 1.54) is 12.8 Å². The predicted molar refractivity (Wildman–Crippen MR) is 136 cm³/mol. The van der Waals surface area contributed by atoms with E-state index >= 15 is 0 Å². The second-order valence-electron chi connectivity index (χ2n) is 8.97. The number of rotatable bonds is 8. The van der Waals surface area contributed by atoms with E-state index in [2.05, 4.69) is 28.5 Å². The summed E-state index contributed by atoms with van der Waals surface area (Å²) in [4.78, 5) is 21.9. The standard InChI is InChI=1S/C23H39N5O2.HI/c1-5-24-22(26-17-23(12-6-7-13-23)21(29)27(3)4)25-16-19(28-14-8-9-15-28)20-11-10-18(2)30-20;/h10-11,19H,5-9,12-17H2,1-4H3,(H2,24,25,26);1H. The molecule has 31 heavy (non-hydrogen) atoms. The van der Waals surface area contributed by atoms with E-state index < -0.39 is 0 Å². The molecule has 7 nitrogen and oxygen atoms in total. The number of hydrogen-bond acceptors (Lipinski definition) is 4. The van der Waals surface area contributed by atoms with Crippen LogP contribution in [0.15, 0.2) is 21.5 Å². The summed E-state index contributed by atoms with van der Waals surface area (Å²) in [5.74, 6) is 2.94. The van der Waals surface area contributed by atoms with Crippen LogP contribution in [0.4, 0.5) is 0 Å². The number of carbonyl (C=O) groups excluding carboxylic acids is 1. The molecule has 1 aromatic rings. The first-order valence-corrected chi connectivity index (χ1v) is 11.5. The van der Waals surface area contributed by atoms with Crippen LogP contribution in [0.1, 0.15) is 63.0 Å². The van der Waals surface area contributed by atoms with Crippen LogP contribution in [-0.2, 0) is 4.79 Å². The van der Waals surface area contributed by atoms with Crippen LogP contribution in [0.25, 0.3) is 0 Å². The lowest BCUT2D eigenvalue weighted by molar-refractivity contribution is -0.138. The van der Waals surface area contributed by atoms with Gasteiger partial charge in [-0.3, -0.25) is 14.7 Å². The van der Waals surface area contributed by atoms with E-state index in [0.29, 0.717) is 6.54 Å². The quantitative estimate of drug-likeness (QED) is 0.297. The van der Waals surface area contributed by atoms with Gasteiger partial charge in [0.05, 0.1) is 18.0 Å². The van der Waals surface area contributed by atoms with Gasteiger partial charge in [0.1, 0.15) is 11.5 Å². The smallest absolute Gasteiger partial charge is 0.230 e. The van der Waals surface area contributed by atoms with Crippen molar-refractivity contribution in [3.63, 3.8) is 0 Å². The number of guanidine groups is 1. The van der Waals surface area contributed by atoms with Gasteiger partial charge in [-0.15, -0.1) is 24.0 Å². The molecule has 2 fully saturated rings. The predicted octanol–water partition coefficient (Wildman–Crippen LogP) is 3.55. The molecular formula is C23H40IN5O2. The molecule has 3 rings (SSSR count). The van der Waals surface area contributed by atoms with E-state index in [9.17, 15) is 4.79 Å². The van der Waals surface area contributed by atoms with Crippen molar-refractivity contribution >= 4 is 35.8 Å². The zero-order chi connectivity index (χ0) is 21.6. The Morgan fingerprint density at radius 2 is 1.87 bits per heavy atom. The number of aliphatic imine (C=N–C) groups is 1. The van der Waals surface area contributed by atoms with Gasteiger partial charge in [-0.05, 0) is 64.8 Å². The van der Waals surface area contributed by atoms with Gasteiger partial charge in [-0.2, -0.15) is 0 Å². The number of likely N-dealkylation sites (tertiary alicyclic amines) is 1. The highest BCUT2D eigenvalue weighted by Gasteiger charge is 2.42. The fourth-order valence-electron chi connectivity index (χ4n) is 4.83. The minimum Gasteiger partial charge on any atom is -0.465 e. The molecule has 1 saturated carbocycles. The van der Waals surface area contributed by atoms with Crippen molar-refractivity contribution in [1.82, 2.24) is 20.4 Å². The van der Waals surface area contributed by atoms with Crippen LogP contribution in [0.3, 0.4) is 0 Å². The zero-order valence-electron chi connectivity index (χ0n) is 19.6. The molecule has 2 N–H and O–H groups in total. The molecule has 1 aliphatic heterocycles. The molecule has 1 aliphatic carbocycles. The Morgan fingerprint density at radius 1 is 1.19 bits per heavy atom. The Balaban J connectivity index is 0.00000341. The SMILES string of the molecule is CCNC(=NCC1(C(=O)N(C)C)CCCC1)NCC(c1ccc(C)o1)N1CCCC1.I. The van der Waals surface area contributed by atoms with Gasteiger partial charge < -0.3 is 20.0 Å². The van der Waals surface area contributed by atoms with Gasteiger partial charge in [0.15, 0.2) is 5.96 Å². The third kappa shape index (κ3) is 6.60. The molecule has 2 aliphatic rings. The molecule has 1 aromatic heterocycles. The summed E-state index contributed by atoms with van der Waals surface area (Å²) in [7, 11) is 3.70. The highest BCUT2D eigenvalue weighted by Crippen LogP contribution is 2.39. The van der Waals surface area contributed by atoms with Crippen molar-refractivity contribution in [3.05, 3.63) is 23.7 Å². The number of furan rings is 1. The number of hydrogen-bond donors (Lipinski definition) is 2. The van der Waals surface area contributed by atoms with Gasteiger partial charge in [0, 0.05) is 27.2 Å². The third-order valence-electron chi connectivity index (χ3n) is 6.44. The summed E-state index contributed by atoms with van der Waals surface area (Å²) in [5, 5.41) is 6.89. The first kappa shape index (κ1) is 26.0. The molecule has 8 heteroatoms. The van der Waals surface area contributed by atoms with Crippen LogP contribution in [0.2, 0.25) is 0 Å². The van der Waals surface area contributed by atoms with Gasteiger partial charge in [-0.1, -0.05) is 12.8 Å². The average molecular weight is 546 g/mol. The van der Waals surface area contributed by atoms with Gasteiger partial charge in [0.2, 0.25) is 5.91 Å². The summed E-state index contributed by atoms with van der Waals surface area (Å²) < 4.78 is 5.97. The lowest BCUT2D eigenvalue weighted by Crippen LogP contribution is -2.45. The number of aryl methyl sites for hydroxylation is 1. The first-order valence-electron chi connectivity index (χ1n) is 11.5. The summed E-state index contributed by atoms with van der Waals surface area (Å²) in [6.07, 6.45) is 6.53. The normalized spacial score (nSPS) is 19.7. The number of carbonyl (C=O) groups is 1. The van der Waals surface area contributed by atoms with E-state index in [1.54, 1.807) is 4.90 Å². The van der Waals surface area contributed by atoms with Gasteiger partial charge in [-0.25, -0.2) is 0 Å². The van der Waals surface area contributed by atoms with Crippen LogP contribution < -0.4 is 10.6 Å². The summed E-state index contributed by atoms with van der Waals surface area (Å²) in [6, 6.07) is 4.32. The molecule has 0 bridgehead atoms. The van der Waals surface area contributed by atoms with Gasteiger partial charge >= 0.3 is 0 Å². The van der Waals surface area contributed by atoms with Crippen LogP contribution in [-0.4, -0.2) is 68.5 Å². The molecule has 1 atom stereocenters. The monoisotopic (exact) mass is 545 g/mol. The van der Waals surface area contributed by atoms with E-state index in [0.717, 1.165) is 69.3 Å². The molecular weight excluding hydrogens is 505 g/mol. The number of nitrogens with zero attached hydrogens (tertiary/aromatic N) is 3. The molecule has 2 heterocycles. The molecule has 0 aromatic carbocycles. The van der Waals surface area contributed by atoms with Crippen LogP contribution in [0, 0.1) is 12.3 Å². The molecule has 176 valence electrons. The zero-order valence-corrected chi connectivity index (χ0v) is 21.9. The van der Waals surface area contributed by atoms with Crippen molar-refractivity contribution in [2.75, 3.05) is 46.8 Å². The minimum absolute atomic E-state index is 0. The highest BCUT2D eigenvalue weighted by atomic mass is 127. The number of halogens is 1. The summed E-state index contributed by atoms with van der Waals surface area (Å²) in [5.41, 5.74) is -0.349. The maximum absolute atomic E-state index is 12.9. The molecule has 0 spiro atoms. The summed E-state index contributed by atoms with van der Waals surface area (Å²) >= 11 is 0. The van der Waals surface area contributed by atoms with Crippen LogP contribution >= 0.6 is 24.0 Å². The topological polar surface area (TPSA) is 73.1 Å². The number of amides is 1. The van der Waals surface area contributed by atoms with Crippen molar-refractivity contribution in [2.45, 2.75) is 58.4 Å². The second kappa shape index (κ2) is 12.1. The van der Waals surface area contributed by atoms with Crippen molar-refractivity contribution in [1.29, 1.82) is 0 Å². The Labute approximate surface area is 204 Å². The Morgan fingerprint density at radius 3 is 2.42 bits per heavy atom. The third-order valence-corrected chi connectivity index (χ3v) is 6.44. The summed E-state index contributed by atoms with van der Waals surface area (Å²) in [6.45, 7) is 8.31.